The number of halogens is 1. The van der Waals surface area contributed by atoms with Crippen LogP contribution < -0.4 is 4.90 Å². The number of anilines is 1. The first kappa shape index (κ1) is 16.7. The summed E-state index contributed by atoms with van der Waals surface area (Å²) in [7, 11) is 0. The lowest BCUT2D eigenvalue weighted by molar-refractivity contribution is 0.381. The molecule has 0 aromatic heterocycles. The van der Waals surface area contributed by atoms with Crippen LogP contribution in [0.3, 0.4) is 0 Å². The van der Waals surface area contributed by atoms with E-state index in [4.69, 9.17) is 0 Å². The minimum absolute atomic E-state index is 0.185. The molecule has 0 spiro atoms. The van der Waals surface area contributed by atoms with Crippen LogP contribution in [0.4, 0.5) is 15.8 Å². The standard InChI is InChI=1S/C21H25FN2/c1-5-24-20-11-6-16(12-19(20)15(2)13-21(24,3)4)14-23-18-9-7-17(22)8-10-18/h6-12,14-15H,5,13H2,1-4H3/t15-/m0/s1. The van der Waals surface area contributed by atoms with E-state index in [0.717, 1.165) is 24.2 Å². The van der Waals surface area contributed by atoms with Crippen LogP contribution in [0.5, 0.6) is 0 Å². The van der Waals surface area contributed by atoms with Gasteiger partial charge in [0.25, 0.3) is 0 Å². The molecular formula is C21H25FN2. The number of fused-ring (bicyclic) bond motifs is 1. The second-order valence-electron chi connectivity index (χ2n) is 7.21. The Labute approximate surface area is 144 Å². The molecule has 24 heavy (non-hydrogen) atoms. The summed E-state index contributed by atoms with van der Waals surface area (Å²) < 4.78 is 13.0. The summed E-state index contributed by atoms with van der Waals surface area (Å²) in [4.78, 5) is 6.94. The predicted molar refractivity (Wildman–Crippen MR) is 100 cm³/mol. The fourth-order valence-electron chi connectivity index (χ4n) is 3.86. The average molecular weight is 324 g/mol. The van der Waals surface area contributed by atoms with Gasteiger partial charge in [-0.3, -0.25) is 4.99 Å². The highest BCUT2D eigenvalue weighted by Gasteiger charge is 2.35. The van der Waals surface area contributed by atoms with Crippen molar-refractivity contribution in [3.63, 3.8) is 0 Å². The minimum Gasteiger partial charge on any atom is -0.366 e. The highest BCUT2D eigenvalue weighted by Crippen LogP contribution is 2.43. The maximum absolute atomic E-state index is 13.0. The summed E-state index contributed by atoms with van der Waals surface area (Å²) in [6, 6.07) is 12.8. The third-order valence-electron chi connectivity index (χ3n) is 4.92. The van der Waals surface area contributed by atoms with Gasteiger partial charge in [-0.15, -0.1) is 0 Å². The predicted octanol–water partition coefficient (Wildman–Crippen LogP) is 5.69. The van der Waals surface area contributed by atoms with E-state index in [0.29, 0.717) is 5.92 Å². The van der Waals surface area contributed by atoms with Gasteiger partial charge in [0, 0.05) is 24.0 Å². The van der Waals surface area contributed by atoms with Crippen molar-refractivity contribution in [2.75, 3.05) is 11.4 Å². The van der Waals surface area contributed by atoms with Gasteiger partial charge in [0.15, 0.2) is 0 Å². The van der Waals surface area contributed by atoms with Crippen molar-refractivity contribution in [2.45, 2.75) is 45.6 Å². The Morgan fingerprint density at radius 2 is 1.92 bits per heavy atom. The number of hydrogen-bond donors (Lipinski definition) is 0. The van der Waals surface area contributed by atoms with Crippen LogP contribution in [0.15, 0.2) is 47.5 Å². The Bertz CT molecular complexity index is 747. The van der Waals surface area contributed by atoms with Crippen LogP contribution in [0.1, 0.15) is 51.2 Å². The molecule has 0 unspecified atom stereocenters. The van der Waals surface area contributed by atoms with Gasteiger partial charge in [-0.1, -0.05) is 13.0 Å². The van der Waals surface area contributed by atoms with Gasteiger partial charge >= 0.3 is 0 Å². The summed E-state index contributed by atoms with van der Waals surface area (Å²) in [5.41, 5.74) is 4.75. The van der Waals surface area contributed by atoms with E-state index in [1.165, 1.54) is 23.4 Å². The Balaban J connectivity index is 1.91. The van der Waals surface area contributed by atoms with E-state index in [1.807, 2.05) is 6.21 Å². The monoisotopic (exact) mass is 324 g/mol. The van der Waals surface area contributed by atoms with E-state index in [9.17, 15) is 4.39 Å². The molecule has 1 atom stereocenters. The number of hydrogen-bond acceptors (Lipinski definition) is 2. The van der Waals surface area contributed by atoms with Crippen molar-refractivity contribution in [1.82, 2.24) is 0 Å². The highest BCUT2D eigenvalue weighted by atomic mass is 19.1. The fraction of sp³-hybridized carbons (Fsp3) is 0.381. The Kier molecular flexibility index (Phi) is 4.44. The summed E-state index contributed by atoms with van der Waals surface area (Å²) in [6.07, 6.45) is 3.00. The van der Waals surface area contributed by atoms with Crippen molar-refractivity contribution in [1.29, 1.82) is 0 Å². The van der Waals surface area contributed by atoms with Gasteiger partial charge in [0.05, 0.1) is 5.69 Å². The molecule has 3 heteroatoms. The molecule has 126 valence electrons. The molecule has 2 nitrogen and oxygen atoms in total. The number of nitrogens with zero attached hydrogens (tertiary/aromatic N) is 2. The molecule has 3 rings (SSSR count). The molecule has 0 saturated heterocycles. The van der Waals surface area contributed by atoms with Gasteiger partial charge in [-0.05, 0) is 80.6 Å². The second-order valence-corrected chi connectivity index (χ2v) is 7.21. The van der Waals surface area contributed by atoms with Crippen LogP contribution >= 0.6 is 0 Å². The third-order valence-corrected chi connectivity index (χ3v) is 4.92. The number of rotatable bonds is 3. The molecule has 0 fully saturated rings. The first-order chi connectivity index (χ1) is 11.4. The normalized spacial score (nSPS) is 19.5. The lowest BCUT2D eigenvalue weighted by Crippen LogP contribution is -2.48. The summed E-state index contributed by atoms with van der Waals surface area (Å²) in [5, 5.41) is 0. The molecule has 2 aromatic rings. The average Bonchev–Trinajstić information content (AvgIpc) is 2.54. The lowest BCUT2D eigenvalue weighted by atomic mass is 9.79. The molecule has 2 aromatic carbocycles. The smallest absolute Gasteiger partial charge is 0.123 e. The number of aliphatic imine (C=N–C) groups is 1. The van der Waals surface area contributed by atoms with E-state index in [2.05, 4.69) is 55.8 Å². The first-order valence-corrected chi connectivity index (χ1v) is 8.62. The van der Waals surface area contributed by atoms with E-state index >= 15 is 0 Å². The van der Waals surface area contributed by atoms with Crippen molar-refractivity contribution < 1.29 is 4.39 Å². The zero-order chi connectivity index (χ0) is 17.3. The van der Waals surface area contributed by atoms with Crippen LogP contribution in [0.25, 0.3) is 0 Å². The Morgan fingerprint density at radius 1 is 1.21 bits per heavy atom. The number of benzene rings is 2. The molecule has 1 heterocycles. The van der Waals surface area contributed by atoms with Crippen molar-refractivity contribution >= 4 is 17.6 Å². The van der Waals surface area contributed by atoms with Gasteiger partial charge in [0.1, 0.15) is 5.82 Å². The molecule has 0 saturated carbocycles. The van der Waals surface area contributed by atoms with Crippen molar-refractivity contribution in [3.8, 4) is 0 Å². The maximum Gasteiger partial charge on any atom is 0.123 e. The first-order valence-electron chi connectivity index (χ1n) is 8.62. The summed E-state index contributed by atoms with van der Waals surface area (Å²) in [6.45, 7) is 10.2. The maximum atomic E-state index is 13.0. The van der Waals surface area contributed by atoms with Crippen LogP contribution in [-0.4, -0.2) is 18.3 Å². The molecule has 1 aliphatic heterocycles. The fourth-order valence-corrected chi connectivity index (χ4v) is 3.86. The molecule has 0 radical (unpaired) electrons. The van der Waals surface area contributed by atoms with Crippen LogP contribution in [0, 0.1) is 5.82 Å². The van der Waals surface area contributed by atoms with E-state index in [1.54, 1.807) is 12.1 Å². The highest BCUT2D eigenvalue weighted by molar-refractivity contribution is 5.83. The summed E-state index contributed by atoms with van der Waals surface area (Å²) in [5.74, 6) is 0.288. The van der Waals surface area contributed by atoms with Crippen LogP contribution in [-0.2, 0) is 0 Å². The van der Waals surface area contributed by atoms with Gasteiger partial charge < -0.3 is 4.90 Å². The zero-order valence-electron chi connectivity index (χ0n) is 14.9. The Hall–Kier alpha value is -2.16. The van der Waals surface area contributed by atoms with Gasteiger partial charge in [-0.2, -0.15) is 0 Å². The summed E-state index contributed by atoms with van der Waals surface area (Å²) >= 11 is 0. The van der Waals surface area contributed by atoms with Gasteiger partial charge in [-0.25, -0.2) is 4.39 Å². The molecule has 0 aliphatic carbocycles. The third kappa shape index (κ3) is 3.21. The largest absolute Gasteiger partial charge is 0.366 e. The topological polar surface area (TPSA) is 15.6 Å². The SMILES string of the molecule is CCN1c2ccc(C=Nc3ccc(F)cc3)cc2[C@@H](C)CC1(C)C. The van der Waals surface area contributed by atoms with E-state index in [-0.39, 0.29) is 11.4 Å². The lowest BCUT2D eigenvalue weighted by Gasteiger charge is -2.47. The molecule has 0 amide bonds. The zero-order valence-corrected chi connectivity index (χ0v) is 14.9. The molecule has 1 aliphatic rings. The quantitative estimate of drug-likeness (QED) is 0.662. The second kappa shape index (κ2) is 6.39. The minimum atomic E-state index is -0.237. The van der Waals surface area contributed by atoms with E-state index < -0.39 is 0 Å². The van der Waals surface area contributed by atoms with Gasteiger partial charge in [0.2, 0.25) is 0 Å². The molecular weight excluding hydrogens is 299 g/mol. The Morgan fingerprint density at radius 3 is 2.58 bits per heavy atom. The van der Waals surface area contributed by atoms with Crippen molar-refractivity contribution in [2.24, 2.45) is 4.99 Å². The van der Waals surface area contributed by atoms with Crippen molar-refractivity contribution in [3.05, 3.63) is 59.4 Å². The molecule has 0 N–H and O–H groups in total. The molecule has 0 bridgehead atoms. The van der Waals surface area contributed by atoms with Crippen LogP contribution in [0.2, 0.25) is 0 Å².